The first kappa shape index (κ1) is 53.9. The Morgan fingerprint density at radius 2 is 1.19 bits per heavy atom. The van der Waals surface area contributed by atoms with Crippen LogP contribution in [0.2, 0.25) is 0 Å². The molecule has 0 spiro atoms. The molecular weight excluding hydrogens is 749 g/mol. The van der Waals surface area contributed by atoms with Crippen molar-refractivity contribution in [3.05, 3.63) is 72.9 Å². The van der Waals surface area contributed by atoms with Crippen LogP contribution in [-0.4, -0.2) is 71.1 Å². The molecule has 12 nitrogen and oxygen atoms in total. The van der Waals surface area contributed by atoms with Gasteiger partial charge in [-0.3, -0.25) is 23.4 Å². The molecule has 0 aliphatic heterocycles. The van der Waals surface area contributed by atoms with Crippen LogP contribution in [0.3, 0.4) is 0 Å². The number of unbranched alkanes of at least 4 members (excludes halogenated alkanes) is 11. The number of nitrogens with two attached hydrogens (primary N) is 1. The monoisotopic (exact) mass is 823 g/mol. The Morgan fingerprint density at radius 3 is 1.84 bits per heavy atom. The molecule has 0 heterocycles. The zero-order valence-corrected chi connectivity index (χ0v) is 35.7. The number of phosphoric ester groups is 1. The summed E-state index contributed by atoms with van der Waals surface area (Å²) in [6, 6.07) is -1.54. The number of esters is 2. The fraction of sp³-hybridized carbons (Fsp3) is 0.659. The number of aliphatic hydroxyl groups excluding tert-OH is 1. The predicted molar refractivity (Wildman–Crippen MR) is 227 cm³/mol. The minimum absolute atomic E-state index is 0.0824. The second-order valence-corrected chi connectivity index (χ2v) is 15.4. The van der Waals surface area contributed by atoms with Crippen molar-refractivity contribution in [3.63, 3.8) is 0 Å². The van der Waals surface area contributed by atoms with Gasteiger partial charge in [-0.1, -0.05) is 138 Å². The van der Waals surface area contributed by atoms with Gasteiger partial charge in [-0.2, -0.15) is 0 Å². The number of rotatable bonds is 38. The fourth-order valence-electron chi connectivity index (χ4n) is 5.19. The van der Waals surface area contributed by atoms with Gasteiger partial charge in [0.25, 0.3) is 0 Å². The summed E-state index contributed by atoms with van der Waals surface area (Å²) in [4.78, 5) is 45.9. The van der Waals surface area contributed by atoms with Crippen LogP contribution in [0.4, 0.5) is 0 Å². The number of carbonyl (C=O) groups is 3. The number of hydrogen-bond acceptors (Lipinski definition) is 10. The van der Waals surface area contributed by atoms with E-state index in [9.17, 15) is 28.9 Å². The first-order valence-corrected chi connectivity index (χ1v) is 22.6. The molecule has 57 heavy (non-hydrogen) atoms. The largest absolute Gasteiger partial charge is 0.480 e. The molecule has 326 valence electrons. The van der Waals surface area contributed by atoms with Crippen molar-refractivity contribution in [2.45, 2.75) is 167 Å². The number of phosphoric acid groups is 1. The van der Waals surface area contributed by atoms with Crippen molar-refractivity contribution in [3.8, 4) is 0 Å². The van der Waals surface area contributed by atoms with Crippen LogP contribution in [0.25, 0.3) is 0 Å². The Labute approximate surface area is 343 Å². The van der Waals surface area contributed by atoms with Gasteiger partial charge in [0.15, 0.2) is 6.10 Å². The van der Waals surface area contributed by atoms with Crippen LogP contribution in [0.1, 0.15) is 149 Å². The van der Waals surface area contributed by atoms with Gasteiger partial charge in [-0.05, 0) is 70.6 Å². The highest BCUT2D eigenvalue weighted by molar-refractivity contribution is 7.47. The number of aliphatic carboxylic acids is 1. The minimum atomic E-state index is -4.75. The maximum absolute atomic E-state index is 12.6. The summed E-state index contributed by atoms with van der Waals surface area (Å²) in [6.07, 6.45) is 41.3. The third-order valence-corrected chi connectivity index (χ3v) is 9.49. The van der Waals surface area contributed by atoms with Crippen molar-refractivity contribution in [1.82, 2.24) is 0 Å². The first-order chi connectivity index (χ1) is 27.5. The van der Waals surface area contributed by atoms with Gasteiger partial charge in [0.1, 0.15) is 12.6 Å². The number of hydrogen-bond donors (Lipinski definition) is 4. The van der Waals surface area contributed by atoms with Gasteiger partial charge in [-0.25, -0.2) is 4.57 Å². The van der Waals surface area contributed by atoms with Gasteiger partial charge >= 0.3 is 25.7 Å². The second-order valence-electron chi connectivity index (χ2n) is 13.9. The highest BCUT2D eigenvalue weighted by atomic mass is 31.2. The van der Waals surface area contributed by atoms with E-state index in [1.807, 2.05) is 18.2 Å². The van der Waals surface area contributed by atoms with Crippen LogP contribution in [-0.2, 0) is 37.5 Å². The lowest BCUT2D eigenvalue weighted by molar-refractivity contribution is -0.161. The molecule has 0 radical (unpaired) electrons. The summed E-state index contributed by atoms with van der Waals surface area (Å²) in [5, 5.41) is 19.0. The molecule has 0 rings (SSSR count). The van der Waals surface area contributed by atoms with Crippen molar-refractivity contribution < 1.29 is 52.6 Å². The summed E-state index contributed by atoms with van der Waals surface area (Å²) in [6.45, 7) is 2.50. The molecule has 0 aliphatic rings. The van der Waals surface area contributed by atoms with Crippen LogP contribution in [0.15, 0.2) is 72.9 Å². The quantitative estimate of drug-likeness (QED) is 0.0152. The Bertz CT molecular complexity index is 1260. The van der Waals surface area contributed by atoms with Crippen molar-refractivity contribution >= 4 is 25.7 Å². The zero-order chi connectivity index (χ0) is 42.2. The van der Waals surface area contributed by atoms with Crippen LogP contribution >= 0.6 is 7.82 Å². The molecule has 2 unspecified atom stereocenters. The van der Waals surface area contributed by atoms with E-state index in [2.05, 4.69) is 67.0 Å². The molecule has 5 N–H and O–H groups in total. The number of carboxylic acid groups (broad SMARTS) is 1. The van der Waals surface area contributed by atoms with Crippen molar-refractivity contribution in [2.75, 3.05) is 19.8 Å². The summed E-state index contributed by atoms with van der Waals surface area (Å²) in [7, 11) is -4.75. The van der Waals surface area contributed by atoms with E-state index < -0.39 is 63.8 Å². The lowest BCUT2D eigenvalue weighted by Crippen LogP contribution is -2.34. The predicted octanol–water partition coefficient (Wildman–Crippen LogP) is 9.92. The highest BCUT2D eigenvalue weighted by Gasteiger charge is 2.28. The molecule has 0 amide bonds. The average molecular weight is 824 g/mol. The lowest BCUT2D eigenvalue weighted by Gasteiger charge is -2.20. The van der Waals surface area contributed by atoms with Crippen LogP contribution in [0.5, 0.6) is 0 Å². The molecule has 13 heteroatoms. The Kier molecular flexibility index (Phi) is 36.3. The molecule has 0 aromatic heterocycles. The SMILES string of the molecule is CC/C=C/C/C=C/C=C/C(O)CCCCCCCC(=O)O[C@H](COC(=O)CCCCCC/C=C\C/C=C\C/C=C\CCCCC)COP(=O)(O)OC[C@H](N)C(=O)O. The Morgan fingerprint density at radius 1 is 0.649 bits per heavy atom. The third kappa shape index (κ3) is 38.2. The zero-order valence-electron chi connectivity index (χ0n) is 34.8. The van der Waals surface area contributed by atoms with Gasteiger partial charge < -0.3 is 30.3 Å². The fourth-order valence-corrected chi connectivity index (χ4v) is 5.97. The molecule has 0 fully saturated rings. The average Bonchev–Trinajstić information content (AvgIpc) is 3.18. The standard InChI is InChI=1S/C44H74NO11P/c1-3-5-7-9-11-12-13-14-15-16-17-18-19-20-22-26-30-34-42(47)53-36-40(37-54-57(51,52)55-38-41(45)44(49)50)56-43(48)35-31-27-23-25-29-33-39(46)32-28-24-21-10-8-6-4-2/h6,8,11-12,14-15,17-18,21,24,28,32,39-41,46H,3-5,7,9-10,13,16,19-20,22-23,25-27,29-31,33-38,45H2,1-2H3,(H,49,50)(H,51,52)/b8-6+,12-11-,15-14-,18-17-,24-21+,32-28+/t39?,40-,41+/m1/s1. The molecule has 0 aromatic rings. The van der Waals surface area contributed by atoms with Crippen LogP contribution in [0, 0.1) is 0 Å². The summed E-state index contributed by atoms with van der Waals surface area (Å²) >= 11 is 0. The van der Waals surface area contributed by atoms with Crippen molar-refractivity contribution in [2.24, 2.45) is 5.73 Å². The molecular formula is C44H74NO11P. The van der Waals surface area contributed by atoms with E-state index in [0.29, 0.717) is 19.3 Å². The summed E-state index contributed by atoms with van der Waals surface area (Å²) in [5.41, 5.74) is 5.32. The molecule has 0 aliphatic carbocycles. The maximum atomic E-state index is 12.6. The molecule has 0 aromatic carbocycles. The third-order valence-electron chi connectivity index (χ3n) is 8.54. The van der Waals surface area contributed by atoms with E-state index >= 15 is 0 Å². The van der Waals surface area contributed by atoms with E-state index in [-0.39, 0.29) is 12.8 Å². The maximum Gasteiger partial charge on any atom is 0.472 e. The summed E-state index contributed by atoms with van der Waals surface area (Å²) < 4.78 is 32.6. The van der Waals surface area contributed by atoms with E-state index in [0.717, 1.165) is 83.5 Å². The molecule has 4 atom stereocenters. The topological polar surface area (TPSA) is 192 Å². The van der Waals surface area contributed by atoms with Crippen molar-refractivity contribution in [1.29, 1.82) is 0 Å². The van der Waals surface area contributed by atoms with E-state index in [4.69, 9.17) is 24.8 Å². The number of aliphatic hydroxyl groups is 1. The van der Waals surface area contributed by atoms with E-state index in [1.165, 1.54) is 19.3 Å². The number of ether oxygens (including phenoxy) is 2. The van der Waals surface area contributed by atoms with Gasteiger partial charge in [0.2, 0.25) is 0 Å². The lowest BCUT2D eigenvalue weighted by atomic mass is 10.1. The Hall–Kier alpha value is -3.12. The Balaban J connectivity index is 4.53. The second kappa shape index (κ2) is 38.4. The molecule has 0 saturated carbocycles. The van der Waals surface area contributed by atoms with Gasteiger partial charge in [0.05, 0.1) is 19.3 Å². The highest BCUT2D eigenvalue weighted by Crippen LogP contribution is 2.43. The smallest absolute Gasteiger partial charge is 0.472 e. The minimum Gasteiger partial charge on any atom is -0.480 e. The summed E-state index contributed by atoms with van der Waals surface area (Å²) in [5.74, 6) is -2.51. The van der Waals surface area contributed by atoms with Crippen LogP contribution < -0.4 is 5.73 Å². The molecule has 0 saturated heterocycles. The number of carboxylic acids is 1. The van der Waals surface area contributed by atoms with E-state index in [1.54, 1.807) is 6.08 Å². The normalized spacial score (nSPS) is 15.0. The number of allylic oxidation sites excluding steroid dienone is 11. The first-order valence-electron chi connectivity index (χ1n) is 21.1. The number of carbonyl (C=O) groups excluding carboxylic acids is 2. The van der Waals surface area contributed by atoms with Gasteiger partial charge in [0, 0.05) is 12.8 Å². The van der Waals surface area contributed by atoms with Gasteiger partial charge in [-0.15, -0.1) is 0 Å². The molecule has 0 bridgehead atoms.